The number of aryl methyl sites for hydroxylation is 1. The first-order valence-electron chi connectivity index (χ1n) is 6.66. The summed E-state index contributed by atoms with van der Waals surface area (Å²) in [6.07, 6.45) is 4.94. The van der Waals surface area contributed by atoms with Gasteiger partial charge in [-0.05, 0) is 31.3 Å². The molecule has 1 N–H and O–H groups in total. The minimum atomic E-state index is 0.278. The van der Waals surface area contributed by atoms with Crippen molar-refractivity contribution in [3.63, 3.8) is 0 Å². The van der Waals surface area contributed by atoms with Gasteiger partial charge in [-0.3, -0.25) is 4.68 Å². The molecule has 1 rings (SSSR count). The molecule has 4 heteroatoms. The van der Waals surface area contributed by atoms with Crippen molar-refractivity contribution in [2.24, 2.45) is 5.41 Å². The van der Waals surface area contributed by atoms with Gasteiger partial charge in [0.15, 0.2) is 0 Å². The summed E-state index contributed by atoms with van der Waals surface area (Å²) in [6, 6.07) is 0. The van der Waals surface area contributed by atoms with Gasteiger partial charge in [-0.15, -0.1) is 0 Å². The van der Waals surface area contributed by atoms with Crippen LogP contribution in [0.25, 0.3) is 0 Å². The summed E-state index contributed by atoms with van der Waals surface area (Å²) in [7, 11) is 0. The first-order valence-corrected chi connectivity index (χ1v) is 6.66. The van der Waals surface area contributed by atoms with Gasteiger partial charge in [-0.25, -0.2) is 4.98 Å². The van der Waals surface area contributed by atoms with Crippen molar-refractivity contribution < 1.29 is 0 Å². The van der Waals surface area contributed by atoms with E-state index in [2.05, 4.69) is 43.1 Å². The van der Waals surface area contributed by atoms with E-state index in [0.29, 0.717) is 0 Å². The van der Waals surface area contributed by atoms with E-state index in [1.54, 1.807) is 6.33 Å². The molecule has 17 heavy (non-hydrogen) atoms. The second-order valence-electron chi connectivity index (χ2n) is 5.34. The molecular formula is C13H26N4. The molecule has 0 fully saturated rings. The molecule has 0 amide bonds. The van der Waals surface area contributed by atoms with Crippen LogP contribution in [-0.4, -0.2) is 27.9 Å². The average Bonchev–Trinajstić information content (AvgIpc) is 2.66. The van der Waals surface area contributed by atoms with Crippen molar-refractivity contribution in [1.82, 2.24) is 20.1 Å². The molecule has 0 aliphatic rings. The highest BCUT2D eigenvalue weighted by Gasteiger charge is 2.20. The predicted octanol–water partition coefficient (Wildman–Crippen LogP) is 2.26. The lowest BCUT2D eigenvalue weighted by Gasteiger charge is -2.24. The van der Waals surface area contributed by atoms with E-state index >= 15 is 0 Å². The van der Waals surface area contributed by atoms with Crippen LogP contribution in [0.15, 0.2) is 6.33 Å². The molecule has 0 spiro atoms. The Morgan fingerprint density at radius 1 is 1.35 bits per heavy atom. The fourth-order valence-electron chi connectivity index (χ4n) is 1.94. The summed E-state index contributed by atoms with van der Waals surface area (Å²) in [5.74, 6) is 1.12. The lowest BCUT2D eigenvalue weighted by atomic mass is 9.85. The van der Waals surface area contributed by atoms with Crippen LogP contribution >= 0.6 is 0 Å². The lowest BCUT2D eigenvalue weighted by Crippen LogP contribution is -2.25. The molecule has 1 aromatic heterocycles. The molecule has 1 aromatic rings. The minimum absolute atomic E-state index is 0.278. The summed E-state index contributed by atoms with van der Waals surface area (Å²) in [5.41, 5.74) is 0.278. The third-order valence-electron chi connectivity index (χ3n) is 3.00. The molecule has 0 aliphatic heterocycles. The topological polar surface area (TPSA) is 42.7 Å². The average molecular weight is 238 g/mol. The number of nitrogens with zero attached hydrogens (tertiary/aromatic N) is 3. The van der Waals surface area contributed by atoms with Crippen LogP contribution in [0.3, 0.4) is 0 Å². The molecule has 0 saturated carbocycles. The monoisotopic (exact) mass is 238 g/mol. The Labute approximate surface area is 105 Å². The number of nitrogens with one attached hydrogen (secondary N) is 1. The van der Waals surface area contributed by atoms with Crippen LogP contribution in [0.5, 0.6) is 0 Å². The fourth-order valence-corrected chi connectivity index (χ4v) is 1.94. The molecule has 0 aromatic carbocycles. The van der Waals surface area contributed by atoms with Gasteiger partial charge in [0.2, 0.25) is 0 Å². The molecular weight excluding hydrogens is 212 g/mol. The van der Waals surface area contributed by atoms with Gasteiger partial charge < -0.3 is 5.32 Å². The van der Waals surface area contributed by atoms with E-state index in [-0.39, 0.29) is 5.41 Å². The maximum atomic E-state index is 4.38. The van der Waals surface area contributed by atoms with Gasteiger partial charge in [0, 0.05) is 13.0 Å². The molecule has 4 nitrogen and oxygen atoms in total. The second kappa shape index (κ2) is 6.74. The quantitative estimate of drug-likeness (QED) is 0.706. The molecule has 0 saturated heterocycles. The second-order valence-corrected chi connectivity index (χ2v) is 5.34. The zero-order chi connectivity index (χ0) is 12.7. The lowest BCUT2D eigenvalue weighted by molar-refractivity contribution is 0.312. The summed E-state index contributed by atoms with van der Waals surface area (Å²) in [6.45, 7) is 12.0. The number of hydrogen-bond acceptors (Lipinski definition) is 3. The summed E-state index contributed by atoms with van der Waals surface area (Å²) in [4.78, 5) is 4.38. The van der Waals surface area contributed by atoms with Crippen molar-refractivity contribution in [3.8, 4) is 0 Å². The van der Waals surface area contributed by atoms with E-state index < -0.39 is 0 Å². The Hall–Kier alpha value is -0.900. The Morgan fingerprint density at radius 3 is 2.76 bits per heavy atom. The Kier molecular flexibility index (Phi) is 5.62. The SMILES string of the molecule is CCCn1ncnc1CC(C)(C)CCNCC. The van der Waals surface area contributed by atoms with Gasteiger partial charge >= 0.3 is 0 Å². The van der Waals surface area contributed by atoms with Crippen molar-refractivity contribution in [2.75, 3.05) is 13.1 Å². The van der Waals surface area contributed by atoms with E-state index in [4.69, 9.17) is 0 Å². The maximum Gasteiger partial charge on any atom is 0.138 e. The molecule has 0 bridgehead atoms. The highest BCUT2D eigenvalue weighted by atomic mass is 15.3. The zero-order valence-electron chi connectivity index (χ0n) is 11.7. The van der Waals surface area contributed by atoms with Gasteiger partial charge in [0.1, 0.15) is 12.2 Å². The van der Waals surface area contributed by atoms with Gasteiger partial charge in [0.25, 0.3) is 0 Å². The van der Waals surface area contributed by atoms with Crippen molar-refractivity contribution in [2.45, 2.75) is 53.5 Å². The minimum Gasteiger partial charge on any atom is -0.317 e. The van der Waals surface area contributed by atoms with Crippen LogP contribution in [-0.2, 0) is 13.0 Å². The maximum absolute atomic E-state index is 4.38. The van der Waals surface area contributed by atoms with Crippen molar-refractivity contribution in [1.29, 1.82) is 0 Å². The van der Waals surface area contributed by atoms with Crippen LogP contribution in [0.4, 0.5) is 0 Å². The third kappa shape index (κ3) is 4.86. The predicted molar refractivity (Wildman–Crippen MR) is 71.0 cm³/mol. The standard InChI is InChI=1S/C13H26N4/c1-5-9-17-12(15-11-16-17)10-13(3,4)7-8-14-6-2/h11,14H,5-10H2,1-4H3. The highest BCUT2D eigenvalue weighted by molar-refractivity contribution is 4.91. The third-order valence-corrected chi connectivity index (χ3v) is 3.00. The molecule has 1 heterocycles. The summed E-state index contributed by atoms with van der Waals surface area (Å²) in [5, 5.41) is 7.66. The Balaban J connectivity index is 2.52. The highest BCUT2D eigenvalue weighted by Crippen LogP contribution is 2.24. The Morgan fingerprint density at radius 2 is 2.12 bits per heavy atom. The van der Waals surface area contributed by atoms with Crippen LogP contribution in [0.2, 0.25) is 0 Å². The largest absolute Gasteiger partial charge is 0.317 e. The smallest absolute Gasteiger partial charge is 0.138 e. The molecule has 0 aliphatic carbocycles. The van der Waals surface area contributed by atoms with Gasteiger partial charge in [0.05, 0.1) is 0 Å². The first kappa shape index (κ1) is 14.2. The fraction of sp³-hybridized carbons (Fsp3) is 0.846. The zero-order valence-corrected chi connectivity index (χ0v) is 11.7. The summed E-state index contributed by atoms with van der Waals surface area (Å²) < 4.78 is 2.04. The van der Waals surface area contributed by atoms with Crippen LogP contribution < -0.4 is 5.32 Å². The van der Waals surface area contributed by atoms with E-state index in [0.717, 1.165) is 38.3 Å². The van der Waals surface area contributed by atoms with Crippen LogP contribution in [0, 0.1) is 5.41 Å². The van der Waals surface area contributed by atoms with Crippen LogP contribution in [0.1, 0.15) is 46.4 Å². The molecule has 0 unspecified atom stereocenters. The summed E-state index contributed by atoms with van der Waals surface area (Å²) >= 11 is 0. The van der Waals surface area contributed by atoms with Gasteiger partial charge in [-0.2, -0.15) is 5.10 Å². The first-order chi connectivity index (χ1) is 8.09. The number of hydrogen-bond donors (Lipinski definition) is 1. The van der Waals surface area contributed by atoms with E-state index in [9.17, 15) is 0 Å². The van der Waals surface area contributed by atoms with Crippen molar-refractivity contribution in [3.05, 3.63) is 12.2 Å². The normalized spacial score (nSPS) is 12.0. The molecule has 0 radical (unpaired) electrons. The van der Waals surface area contributed by atoms with E-state index in [1.807, 2.05) is 4.68 Å². The molecule has 98 valence electrons. The van der Waals surface area contributed by atoms with E-state index in [1.165, 1.54) is 6.42 Å². The van der Waals surface area contributed by atoms with Crippen molar-refractivity contribution >= 4 is 0 Å². The molecule has 0 atom stereocenters. The number of rotatable bonds is 8. The Bertz CT molecular complexity index is 317. The number of aromatic nitrogens is 3. The van der Waals surface area contributed by atoms with Gasteiger partial charge in [-0.1, -0.05) is 27.7 Å².